The summed E-state index contributed by atoms with van der Waals surface area (Å²) in [6, 6.07) is 51.5. The van der Waals surface area contributed by atoms with Gasteiger partial charge in [0.05, 0.1) is 21.9 Å². The molecule has 0 aromatic heterocycles. The molecule has 0 atom stereocenters. The van der Waals surface area contributed by atoms with E-state index in [1.165, 1.54) is 4.90 Å². The van der Waals surface area contributed by atoms with Crippen molar-refractivity contribution in [1.82, 2.24) is 0 Å². The molecule has 2 aliphatic rings. The van der Waals surface area contributed by atoms with Crippen LogP contribution in [-0.2, 0) is 5.41 Å². The third kappa shape index (κ3) is 7.01. The summed E-state index contributed by atoms with van der Waals surface area (Å²) in [6.45, 7) is 0. The van der Waals surface area contributed by atoms with Crippen molar-refractivity contribution in [2.75, 3.05) is 4.90 Å². The van der Waals surface area contributed by atoms with Gasteiger partial charge in [0.25, 0.3) is 0 Å². The quantitative estimate of drug-likeness (QED) is 0.130. The second kappa shape index (κ2) is 17.4. The Balaban J connectivity index is 1.06. The predicted octanol–water partition coefficient (Wildman–Crippen LogP) is 18.6. The Morgan fingerprint density at radius 2 is 0.886 bits per heavy atom. The normalized spacial score (nSPS) is 15.9. The molecule has 0 N–H and O–H groups in total. The molecule has 0 unspecified atom stereocenters. The number of allylic oxidation sites excluding steroid dienone is 4. The van der Waals surface area contributed by atoms with Gasteiger partial charge in [-0.1, -0.05) is 230 Å². The molecule has 0 spiro atoms. The van der Waals surface area contributed by atoms with Gasteiger partial charge in [0.2, 0.25) is 0 Å². The number of hydrogen-bond acceptors (Lipinski definition) is 1. The third-order valence-corrected chi connectivity index (χ3v) is 13.8. The summed E-state index contributed by atoms with van der Waals surface area (Å²) in [7, 11) is 0. The van der Waals surface area contributed by atoms with Crippen LogP contribution < -0.4 is 4.90 Å². The van der Waals surface area contributed by atoms with Crippen LogP contribution in [0.25, 0.3) is 71.6 Å². The van der Waals surface area contributed by atoms with Crippen LogP contribution in [0.15, 0.2) is 273 Å². The summed E-state index contributed by atoms with van der Waals surface area (Å²) in [4.78, 5) is 1.28. The molecule has 1 heteroatoms. The average Bonchev–Trinajstić information content (AvgIpc) is 2.41. The van der Waals surface area contributed by atoms with Gasteiger partial charge in [-0.15, -0.1) is 0 Å². The summed E-state index contributed by atoms with van der Waals surface area (Å²) < 4.78 is 117. The average molecular weight is 904 g/mol. The van der Waals surface area contributed by atoms with Gasteiger partial charge >= 0.3 is 0 Å². The van der Waals surface area contributed by atoms with E-state index >= 15 is 0 Å². The number of rotatable bonds is 9. The highest BCUT2D eigenvalue weighted by Crippen LogP contribution is 2.57. The summed E-state index contributed by atoms with van der Waals surface area (Å²) >= 11 is 0. The summed E-state index contributed by atoms with van der Waals surface area (Å²) in [5, 5.41) is 3.33. The Hall–Kier alpha value is -8.78. The second-order valence-electron chi connectivity index (χ2n) is 17.7. The van der Waals surface area contributed by atoms with Crippen molar-refractivity contribution in [2.45, 2.75) is 18.3 Å². The summed E-state index contributed by atoms with van der Waals surface area (Å²) in [5.41, 5.74) is 5.95. The zero-order valence-electron chi connectivity index (χ0n) is 49.9. The van der Waals surface area contributed by atoms with E-state index in [1.807, 2.05) is 127 Å². The molecule has 70 heavy (non-hydrogen) atoms. The molecular weight excluding hydrogens is 843 g/mol. The Labute approximate surface area is 427 Å². The van der Waals surface area contributed by atoms with Crippen molar-refractivity contribution in [3.05, 3.63) is 301 Å². The number of hydrogen-bond donors (Lipinski definition) is 0. The highest BCUT2D eigenvalue weighted by molar-refractivity contribution is 6.13. The van der Waals surface area contributed by atoms with Gasteiger partial charge in [-0.25, -0.2) is 0 Å². The first kappa shape index (κ1) is 30.6. The number of anilines is 3. The van der Waals surface area contributed by atoms with Gasteiger partial charge in [0, 0.05) is 17.1 Å². The van der Waals surface area contributed by atoms with Crippen LogP contribution in [0.2, 0.25) is 0 Å². The Kier molecular flexibility index (Phi) is 7.59. The number of fused-ring (bicyclic) bond motifs is 6. The topological polar surface area (TPSA) is 3.24 Å². The van der Waals surface area contributed by atoms with Crippen LogP contribution in [0.4, 0.5) is 17.1 Å². The molecule has 0 aliphatic heterocycles. The fourth-order valence-corrected chi connectivity index (χ4v) is 10.5. The first-order valence-electron chi connectivity index (χ1n) is 29.6. The fraction of sp³-hybridized carbons (Fsp3) is 0.0435. The minimum Gasteiger partial charge on any atom is -0.310 e. The molecule has 0 amide bonds. The van der Waals surface area contributed by atoms with Crippen molar-refractivity contribution < 1.29 is 16.4 Å². The van der Waals surface area contributed by atoms with Crippen LogP contribution in [-0.4, -0.2) is 0 Å². The van der Waals surface area contributed by atoms with Crippen molar-refractivity contribution in [3.63, 3.8) is 0 Å². The van der Waals surface area contributed by atoms with Gasteiger partial charge in [-0.2, -0.15) is 0 Å². The maximum Gasteiger partial charge on any atom is 0.0714 e. The molecule has 0 heterocycles. The Bertz CT molecular complexity index is 4410. The molecule has 0 saturated carbocycles. The maximum atomic E-state index is 10.0. The Morgan fingerprint density at radius 3 is 1.54 bits per heavy atom. The van der Waals surface area contributed by atoms with E-state index in [-0.39, 0.29) is 22.5 Å². The SMILES string of the molecule is [2H]c1c([2H])c(N(c2ccc3c(c2)C(c2ccccc2)(c2ccccc2)c2ccccc2-3)c2c([2H])c([2H])c(-c3c([2H])c([2H])c(-c4cc5ccccc5c5ccccc45)c([2H])c3[2H])c([2H])c2[2H])c([2H])c([2H])c1-c1ccc(C2=CCCC=C2)cc1. The van der Waals surface area contributed by atoms with E-state index in [2.05, 4.69) is 54.6 Å². The van der Waals surface area contributed by atoms with E-state index in [0.29, 0.717) is 16.5 Å². The Morgan fingerprint density at radius 1 is 0.357 bits per heavy atom. The molecule has 0 bridgehead atoms. The molecule has 330 valence electrons. The van der Waals surface area contributed by atoms with E-state index in [1.54, 1.807) is 18.2 Å². The maximum absolute atomic E-state index is 10.0. The zero-order chi connectivity index (χ0) is 56.9. The van der Waals surface area contributed by atoms with E-state index in [9.17, 15) is 16.4 Å². The molecule has 11 aromatic carbocycles. The smallest absolute Gasteiger partial charge is 0.0714 e. The summed E-state index contributed by atoms with van der Waals surface area (Å²) in [6.07, 6.45) is 8.16. The van der Waals surface area contributed by atoms with Gasteiger partial charge in [0.15, 0.2) is 0 Å². The minimum atomic E-state index is -0.967. The standard InChI is InChI=1S/C69H49N/c1-4-16-48(17-5-1)49-28-30-50(31-29-49)52-36-40-58(41-37-52)70(60-44-45-65-64-26-14-15-27-67(64)69(68(65)47-60,56-19-6-2-7-20-56)57-21-8-3-9-22-57)59-42-38-53(39-43-59)51-32-34-54(35-33-51)66-46-55-18-10-11-23-61(55)62-24-12-13-25-63(62)66/h2-4,6-47H,1,5H2/i32D,33D,34D,35D,36D,37D,38D,39D,40D,41D,42D,43D. The van der Waals surface area contributed by atoms with E-state index < -0.39 is 94.7 Å². The molecule has 0 radical (unpaired) electrons. The lowest BCUT2D eigenvalue weighted by molar-refractivity contribution is 0.768. The molecular formula is C69H49N. The largest absolute Gasteiger partial charge is 0.310 e. The molecule has 0 saturated heterocycles. The molecule has 11 aromatic rings. The third-order valence-electron chi connectivity index (χ3n) is 13.8. The molecule has 0 fully saturated rings. The summed E-state index contributed by atoms with van der Waals surface area (Å²) in [5.74, 6) is 0. The fourth-order valence-electron chi connectivity index (χ4n) is 10.5. The number of benzene rings is 11. The molecule has 1 nitrogen and oxygen atoms in total. The highest BCUT2D eigenvalue weighted by atomic mass is 15.1. The van der Waals surface area contributed by atoms with Crippen LogP contribution in [0.3, 0.4) is 0 Å². The van der Waals surface area contributed by atoms with E-state index in [4.69, 9.17) is 0 Å². The second-order valence-corrected chi connectivity index (χ2v) is 17.7. The first-order valence-corrected chi connectivity index (χ1v) is 23.6. The lowest BCUT2D eigenvalue weighted by Crippen LogP contribution is -2.28. The van der Waals surface area contributed by atoms with Crippen molar-refractivity contribution >= 4 is 44.2 Å². The first-order chi connectivity index (χ1) is 39.7. The highest BCUT2D eigenvalue weighted by Gasteiger charge is 2.46. The van der Waals surface area contributed by atoms with Crippen LogP contribution >= 0.6 is 0 Å². The monoisotopic (exact) mass is 903 g/mol. The van der Waals surface area contributed by atoms with Gasteiger partial charge in [-0.05, 0) is 155 Å². The lowest BCUT2D eigenvalue weighted by atomic mass is 9.67. The van der Waals surface area contributed by atoms with E-state index in [0.717, 1.165) is 73.5 Å². The molecule has 13 rings (SSSR count). The van der Waals surface area contributed by atoms with Crippen molar-refractivity contribution in [2.24, 2.45) is 0 Å². The zero-order valence-corrected chi connectivity index (χ0v) is 37.9. The van der Waals surface area contributed by atoms with Gasteiger partial charge in [-0.3, -0.25) is 0 Å². The van der Waals surface area contributed by atoms with Gasteiger partial charge < -0.3 is 4.90 Å². The van der Waals surface area contributed by atoms with Gasteiger partial charge in [0.1, 0.15) is 0 Å². The molecule has 2 aliphatic carbocycles. The van der Waals surface area contributed by atoms with Crippen LogP contribution in [0, 0.1) is 0 Å². The van der Waals surface area contributed by atoms with Crippen molar-refractivity contribution in [1.29, 1.82) is 0 Å². The van der Waals surface area contributed by atoms with Crippen LogP contribution in [0.1, 0.15) is 57.1 Å². The van der Waals surface area contributed by atoms with Crippen molar-refractivity contribution in [3.8, 4) is 44.5 Å². The lowest BCUT2D eigenvalue weighted by Gasteiger charge is -2.35. The predicted molar refractivity (Wildman–Crippen MR) is 296 cm³/mol. The minimum absolute atomic E-state index is 0.0149. The number of nitrogens with zero attached hydrogens (tertiary/aromatic N) is 1. The van der Waals surface area contributed by atoms with Crippen LogP contribution in [0.5, 0.6) is 0 Å².